The fourth-order valence-corrected chi connectivity index (χ4v) is 2.44. The molecule has 1 fully saturated rings. The number of nitrogens with one attached hydrogen (secondary N) is 1. The Morgan fingerprint density at radius 2 is 1.91 bits per heavy atom. The van der Waals surface area contributed by atoms with E-state index in [0.717, 1.165) is 45.7 Å². The van der Waals surface area contributed by atoms with Crippen LogP contribution in [0.3, 0.4) is 0 Å². The third-order valence-corrected chi connectivity index (χ3v) is 4.08. The number of carbonyl (C=O) groups excluding carboxylic acids is 1. The molecule has 0 radical (unpaired) electrons. The van der Waals surface area contributed by atoms with Crippen molar-refractivity contribution in [2.24, 2.45) is 0 Å². The molecule has 0 unspecified atom stereocenters. The van der Waals surface area contributed by atoms with E-state index in [0.29, 0.717) is 13.1 Å². The third kappa shape index (κ3) is 6.04. The summed E-state index contributed by atoms with van der Waals surface area (Å²) in [7, 11) is 2.04. The second-order valence-corrected chi connectivity index (χ2v) is 5.60. The first-order chi connectivity index (χ1) is 10.6. The molecule has 1 heterocycles. The van der Waals surface area contributed by atoms with Gasteiger partial charge in [-0.3, -0.25) is 4.79 Å². The standard InChI is InChI=1S/C16H29N5O/c1-4-20(5-2)8-6-7-18-14-15(13-17)16(22)21-11-9-19(3)10-12-21/h14,18H,4-12H2,1-3H3/b15-14-. The summed E-state index contributed by atoms with van der Waals surface area (Å²) in [5.74, 6) is -0.160. The summed E-state index contributed by atoms with van der Waals surface area (Å²) in [6, 6.07) is 2.02. The van der Waals surface area contributed by atoms with Crippen LogP contribution in [-0.4, -0.2) is 80.0 Å². The van der Waals surface area contributed by atoms with Crippen molar-refractivity contribution in [1.29, 1.82) is 5.26 Å². The van der Waals surface area contributed by atoms with Gasteiger partial charge in [0.1, 0.15) is 11.6 Å². The molecule has 1 amide bonds. The van der Waals surface area contributed by atoms with Crippen LogP contribution in [0.1, 0.15) is 20.3 Å². The molecule has 0 spiro atoms. The lowest BCUT2D eigenvalue weighted by Crippen LogP contribution is -2.47. The molecule has 1 rings (SSSR count). The molecular formula is C16H29N5O. The van der Waals surface area contributed by atoms with Crippen LogP contribution in [0.5, 0.6) is 0 Å². The van der Waals surface area contributed by atoms with Gasteiger partial charge >= 0.3 is 0 Å². The van der Waals surface area contributed by atoms with Crippen molar-refractivity contribution in [2.75, 3.05) is 59.4 Å². The number of likely N-dealkylation sites (N-methyl/N-ethyl adjacent to an activating group) is 1. The lowest BCUT2D eigenvalue weighted by molar-refractivity contribution is -0.128. The summed E-state index contributed by atoms with van der Waals surface area (Å²) in [4.78, 5) is 18.6. The number of nitrogens with zero attached hydrogens (tertiary/aromatic N) is 4. The number of rotatable bonds is 8. The first-order valence-electron chi connectivity index (χ1n) is 8.16. The highest BCUT2D eigenvalue weighted by Gasteiger charge is 2.21. The Morgan fingerprint density at radius 1 is 1.27 bits per heavy atom. The lowest BCUT2D eigenvalue weighted by Gasteiger charge is -2.32. The van der Waals surface area contributed by atoms with Crippen molar-refractivity contribution in [3.8, 4) is 6.07 Å². The van der Waals surface area contributed by atoms with Crippen LogP contribution in [0.2, 0.25) is 0 Å². The minimum atomic E-state index is -0.160. The van der Waals surface area contributed by atoms with Gasteiger partial charge in [0, 0.05) is 38.9 Å². The molecule has 1 aliphatic rings. The molecule has 6 heteroatoms. The Morgan fingerprint density at radius 3 is 2.45 bits per heavy atom. The summed E-state index contributed by atoms with van der Waals surface area (Å²) in [5.41, 5.74) is 0.201. The Balaban J connectivity index is 2.36. The van der Waals surface area contributed by atoms with Crippen molar-refractivity contribution in [2.45, 2.75) is 20.3 Å². The molecule has 22 heavy (non-hydrogen) atoms. The van der Waals surface area contributed by atoms with Crippen LogP contribution in [0.4, 0.5) is 0 Å². The predicted molar refractivity (Wildman–Crippen MR) is 88.2 cm³/mol. The van der Waals surface area contributed by atoms with Gasteiger partial charge < -0.3 is 20.0 Å². The lowest BCUT2D eigenvalue weighted by atomic mass is 10.2. The highest BCUT2D eigenvalue weighted by atomic mass is 16.2. The van der Waals surface area contributed by atoms with Crippen molar-refractivity contribution < 1.29 is 4.79 Å². The summed E-state index contributed by atoms with van der Waals surface area (Å²) in [6.45, 7) is 11.3. The van der Waals surface area contributed by atoms with E-state index in [-0.39, 0.29) is 11.5 Å². The third-order valence-electron chi connectivity index (χ3n) is 4.08. The first kappa shape index (κ1) is 18.5. The monoisotopic (exact) mass is 307 g/mol. The van der Waals surface area contributed by atoms with Gasteiger partial charge in [0.05, 0.1) is 0 Å². The molecule has 0 saturated carbocycles. The van der Waals surface area contributed by atoms with Gasteiger partial charge in [-0.05, 0) is 33.1 Å². The molecule has 0 atom stereocenters. The fourth-order valence-electron chi connectivity index (χ4n) is 2.44. The average molecular weight is 307 g/mol. The SMILES string of the molecule is CCN(CC)CCCN/C=C(/C#N)C(=O)N1CCN(C)CC1. The van der Waals surface area contributed by atoms with Crippen molar-refractivity contribution in [1.82, 2.24) is 20.0 Å². The van der Waals surface area contributed by atoms with E-state index in [2.05, 4.69) is 29.0 Å². The highest BCUT2D eigenvalue weighted by molar-refractivity contribution is 5.97. The number of carbonyl (C=O) groups is 1. The van der Waals surface area contributed by atoms with E-state index in [9.17, 15) is 10.1 Å². The first-order valence-corrected chi connectivity index (χ1v) is 8.16. The van der Waals surface area contributed by atoms with Crippen LogP contribution in [-0.2, 0) is 4.79 Å². The van der Waals surface area contributed by atoms with Crippen LogP contribution < -0.4 is 5.32 Å². The zero-order valence-corrected chi connectivity index (χ0v) is 14.1. The number of amides is 1. The van der Waals surface area contributed by atoms with E-state index in [1.165, 1.54) is 0 Å². The summed E-state index contributed by atoms with van der Waals surface area (Å²) in [5, 5.41) is 12.3. The average Bonchev–Trinajstić information content (AvgIpc) is 2.54. The van der Waals surface area contributed by atoms with E-state index in [1.807, 2.05) is 13.1 Å². The van der Waals surface area contributed by atoms with Gasteiger partial charge in [-0.2, -0.15) is 5.26 Å². The van der Waals surface area contributed by atoms with E-state index in [1.54, 1.807) is 11.1 Å². The van der Waals surface area contributed by atoms with Crippen LogP contribution in [0, 0.1) is 11.3 Å². The van der Waals surface area contributed by atoms with Crippen LogP contribution in [0.25, 0.3) is 0 Å². The normalized spacial score (nSPS) is 16.7. The number of hydrogen-bond acceptors (Lipinski definition) is 5. The maximum Gasteiger partial charge on any atom is 0.266 e. The van der Waals surface area contributed by atoms with Crippen molar-refractivity contribution in [3.05, 3.63) is 11.8 Å². The second kappa shape index (κ2) is 10.2. The van der Waals surface area contributed by atoms with Gasteiger partial charge in [0.25, 0.3) is 5.91 Å². The Kier molecular flexibility index (Phi) is 8.56. The van der Waals surface area contributed by atoms with Gasteiger partial charge in [0.15, 0.2) is 0 Å². The van der Waals surface area contributed by atoms with Crippen molar-refractivity contribution >= 4 is 5.91 Å². The van der Waals surface area contributed by atoms with Gasteiger partial charge in [-0.25, -0.2) is 0 Å². The molecule has 0 aromatic rings. The Bertz CT molecular complexity index is 403. The molecule has 0 aliphatic carbocycles. The molecule has 0 aromatic heterocycles. The fraction of sp³-hybridized carbons (Fsp3) is 0.750. The van der Waals surface area contributed by atoms with Gasteiger partial charge in [-0.1, -0.05) is 13.8 Å². The topological polar surface area (TPSA) is 62.6 Å². The van der Waals surface area contributed by atoms with Gasteiger partial charge in [-0.15, -0.1) is 0 Å². The largest absolute Gasteiger partial charge is 0.390 e. The smallest absolute Gasteiger partial charge is 0.266 e. The van der Waals surface area contributed by atoms with E-state index >= 15 is 0 Å². The number of nitriles is 1. The maximum atomic E-state index is 12.3. The molecule has 0 bridgehead atoms. The summed E-state index contributed by atoms with van der Waals surface area (Å²) < 4.78 is 0. The molecule has 1 N–H and O–H groups in total. The Labute approximate surface area is 134 Å². The Hall–Kier alpha value is -1.58. The zero-order chi connectivity index (χ0) is 16.4. The summed E-state index contributed by atoms with van der Waals surface area (Å²) in [6.07, 6.45) is 2.57. The minimum Gasteiger partial charge on any atom is -0.390 e. The zero-order valence-electron chi connectivity index (χ0n) is 14.1. The molecule has 0 aromatic carbocycles. The maximum absolute atomic E-state index is 12.3. The molecular weight excluding hydrogens is 278 g/mol. The second-order valence-electron chi connectivity index (χ2n) is 5.60. The van der Waals surface area contributed by atoms with Crippen LogP contribution >= 0.6 is 0 Å². The number of hydrogen-bond donors (Lipinski definition) is 1. The van der Waals surface area contributed by atoms with Crippen LogP contribution in [0.15, 0.2) is 11.8 Å². The van der Waals surface area contributed by atoms with E-state index in [4.69, 9.17) is 0 Å². The highest BCUT2D eigenvalue weighted by Crippen LogP contribution is 2.05. The van der Waals surface area contributed by atoms with Gasteiger partial charge in [0.2, 0.25) is 0 Å². The van der Waals surface area contributed by atoms with E-state index < -0.39 is 0 Å². The van der Waals surface area contributed by atoms with Crippen molar-refractivity contribution in [3.63, 3.8) is 0 Å². The molecule has 1 saturated heterocycles. The minimum absolute atomic E-state index is 0.160. The summed E-state index contributed by atoms with van der Waals surface area (Å²) >= 11 is 0. The quantitative estimate of drug-likeness (QED) is 0.402. The number of piperazine rings is 1. The predicted octanol–water partition coefficient (Wildman–Crippen LogP) is 0.489. The molecule has 124 valence electrons. The molecule has 1 aliphatic heterocycles. The molecule has 6 nitrogen and oxygen atoms in total.